The first kappa shape index (κ1) is 30.1. The van der Waals surface area contributed by atoms with Crippen LogP contribution in [-0.2, 0) is 9.53 Å². The van der Waals surface area contributed by atoms with E-state index in [0.717, 1.165) is 0 Å². The molecule has 1 aliphatic heterocycles. The maximum absolute atomic E-state index is 13.5. The van der Waals surface area contributed by atoms with E-state index in [2.05, 4.69) is 5.32 Å². The molecule has 4 N–H and O–H groups in total. The summed E-state index contributed by atoms with van der Waals surface area (Å²) >= 11 is 0. The van der Waals surface area contributed by atoms with Gasteiger partial charge in [0.2, 0.25) is 0 Å². The molecule has 12 nitrogen and oxygen atoms in total. The molecule has 0 unspecified atom stereocenters. The summed E-state index contributed by atoms with van der Waals surface area (Å²) in [7, 11) is 5.58. The Hall–Kier alpha value is -3.91. The van der Waals surface area contributed by atoms with E-state index in [4.69, 9.17) is 28.1 Å². The second-order valence-corrected chi connectivity index (χ2v) is 9.23. The third-order valence-electron chi connectivity index (χ3n) is 6.83. The number of halogens is 1. The molecule has 1 amide bonds. The fourth-order valence-corrected chi connectivity index (χ4v) is 4.78. The fraction of sp³-hybridized carbons (Fsp3) is 0.429. The highest BCUT2D eigenvalue weighted by atomic mass is 19.1. The zero-order chi connectivity index (χ0) is 29.8. The molecule has 0 bridgehead atoms. The highest BCUT2D eigenvalue weighted by Crippen LogP contribution is 2.46. The lowest BCUT2D eigenvalue weighted by Gasteiger charge is -2.40. The van der Waals surface area contributed by atoms with Crippen molar-refractivity contribution in [1.82, 2.24) is 5.32 Å². The van der Waals surface area contributed by atoms with Gasteiger partial charge in [-0.2, -0.15) is 0 Å². The largest absolute Gasteiger partial charge is 0.496 e. The number of amides is 1. The number of fused-ring (bicyclic) bond motifs is 1. The summed E-state index contributed by atoms with van der Waals surface area (Å²) < 4.78 is 46.1. The van der Waals surface area contributed by atoms with Gasteiger partial charge < -0.3 is 48.7 Å². The van der Waals surface area contributed by atoms with E-state index >= 15 is 0 Å². The Morgan fingerprint density at radius 3 is 2.27 bits per heavy atom. The topological polar surface area (TPSA) is 166 Å². The maximum atomic E-state index is 13.5. The van der Waals surface area contributed by atoms with E-state index in [1.165, 1.54) is 40.6 Å². The summed E-state index contributed by atoms with van der Waals surface area (Å²) in [6.07, 6.45) is -8.44. The number of alkyl halides is 1. The van der Waals surface area contributed by atoms with E-state index < -0.39 is 48.5 Å². The SMILES string of the molecule is COc1ccc(-c2cc(=O)c3c(OC)c([C@@H]4O[C@H](C(=O)NCCCF)[C@@H](O)[C@H](O)[C@H]4O)c(OC)cc3o2)cc1OC. The van der Waals surface area contributed by atoms with Crippen molar-refractivity contribution >= 4 is 16.9 Å². The van der Waals surface area contributed by atoms with Gasteiger partial charge in [0.25, 0.3) is 5.91 Å². The van der Waals surface area contributed by atoms with Crippen LogP contribution < -0.4 is 29.7 Å². The van der Waals surface area contributed by atoms with Crippen molar-refractivity contribution < 1.29 is 52.6 Å². The van der Waals surface area contributed by atoms with Gasteiger partial charge in [-0.3, -0.25) is 14.0 Å². The number of ether oxygens (including phenoxy) is 5. The monoisotopic (exact) mass is 577 g/mol. The summed E-state index contributed by atoms with van der Waals surface area (Å²) in [5.74, 6) is 0.255. The van der Waals surface area contributed by atoms with Crippen molar-refractivity contribution in [2.75, 3.05) is 41.7 Å². The van der Waals surface area contributed by atoms with Crippen LogP contribution in [0, 0.1) is 0 Å². The van der Waals surface area contributed by atoms with Crippen LogP contribution in [0.1, 0.15) is 18.1 Å². The molecule has 1 fully saturated rings. The van der Waals surface area contributed by atoms with Gasteiger partial charge in [-0.25, -0.2) is 0 Å². The lowest BCUT2D eigenvalue weighted by Crippen LogP contribution is -2.59. The number of rotatable bonds is 10. The molecule has 1 saturated heterocycles. The van der Waals surface area contributed by atoms with Crippen molar-refractivity contribution in [3.8, 4) is 34.3 Å². The minimum atomic E-state index is -1.82. The van der Waals surface area contributed by atoms with Crippen molar-refractivity contribution in [2.24, 2.45) is 0 Å². The number of aliphatic hydroxyl groups excluding tert-OH is 3. The predicted octanol–water partition coefficient (Wildman–Crippen LogP) is 1.49. The average Bonchev–Trinajstić information content (AvgIpc) is 2.98. The maximum Gasteiger partial charge on any atom is 0.251 e. The molecule has 0 spiro atoms. The number of nitrogens with one attached hydrogen (secondary N) is 1. The molecule has 13 heteroatoms. The van der Waals surface area contributed by atoms with Gasteiger partial charge in [-0.1, -0.05) is 0 Å². The average molecular weight is 578 g/mol. The first-order chi connectivity index (χ1) is 19.7. The zero-order valence-corrected chi connectivity index (χ0v) is 22.9. The van der Waals surface area contributed by atoms with Crippen LogP contribution in [0.5, 0.6) is 23.0 Å². The van der Waals surface area contributed by atoms with E-state index in [0.29, 0.717) is 17.1 Å². The van der Waals surface area contributed by atoms with Gasteiger partial charge in [0.05, 0.1) is 40.7 Å². The standard InChI is InChI=1S/C28H32FNO11/c1-36-15-7-6-13(10-17(15)37-2)16-11-14(31)20-19(40-16)12-18(38-3)21(25(20)39-4)26-23(33)22(32)24(34)27(41-26)28(35)30-9-5-8-29/h6-7,10-12,22-24,26-27,32-34H,5,8-9H2,1-4H3,(H,30,35)/t22-,23-,24+,26+,27+/m1/s1. The Morgan fingerprint density at radius 1 is 0.927 bits per heavy atom. The molecule has 222 valence electrons. The van der Waals surface area contributed by atoms with Crippen molar-refractivity contribution in [1.29, 1.82) is 0 Å². The number of methoxy groups -OCH3 is 4. The van der Waals surface area contributed by atoms with Gasteiger partial charge in [0, 0.05) is 24.2 Å². The van der Waals surface area contributed by atoms with Crippen LogP contribution in [-0.4, -0.2) is 87.3 Å². The smallest absolute Gasteiger partial charge is 0.251 e. The predicted molar refractivity (Wildman–Crippen MR) is 143 cm³/mol. The van der Waals surface area contributed by atoms with Gasteiger partial charge in [0.1, 0.15) is 52.6 Å². The third-order valence-corrected chi connectivity index (χ3v) is 6.83. The number of carbonyl (C=O) groups excluding carboxylic acids is 1. The first-order valence-corrected chi connectivity index (χ1v) is 12.7. The molecule has 5 atom stereocenters. The number of carbonyl (C=O) groups is 1. The first-order valence-electron chi connectivity index (χ1n) is 12.7. The van der Waals surface area contributed by atoms with E-state index in [1.54, 1.807) is 18.2 Å². The van der Waals surface area contributed by atoms with Crippen molar-refractivity contribution in [3.63, 3.8) is 0 Å². The molecule has 2 aromatic carbocycles. The summed E-state index contributed by atoms with van der Waals surface area (Å²) in [5.41, 5.74) is 0.0939. The van der Waals surface area contributed by atoms with E-state index in [-0.39, 0.29) is 46.8 Å². The van der Waals surface area contributed by atoms with Crippen LogP contribution in [0.25, 0.3) is 22.3 Å². The normalized spacial score (nSPS) is 22.3. The molecule has 1 aliphatic rings. The number of hydrogen-bond donors (Lipinski definition) is 4. The van der Waals surface area contributed by atoms with Gasteiger partial charge in [0.15, 0.2) is 23.0 Å². The lowest BCUT2D eigenvalue weighted by atomic mass is 9.89. The molecule has 1 aromatic heterocycles. The number of aliphatic hydroxyl groups is 3. The lowest BCUT2D eigenvalue weighted by molar-refractivity contribution is -0.223. The Kier molecular flexibility index (Phi) is 9.33. The second-order valence-electron chi connectivity index (χ2n) is 9.23. The Bertz CT molecular complexity index is 1460. The molecule has 3 aromatic rings. The minimum absolute atomic E-state index is 0.00803. The molecule has 0 aliphatic carbocycles. The van der Waals surface area contributed by atoms with Gasteiger partial charge in [-0.15, -0.1) is 0 Å². The van der Waals surface area contributed by atoms with Crippen LogP contribution in [0.3, 0.4) is 0 Å². The van der Waals surface area contributed by atoms with Gasteiger partial charge in [-0.05, 0) is 24.6 Å². The van der Waals surface area contributed by atoms with Crippen molar-refractivity contribution in [2.45, 2.75) is 36.9 Å². The van der Waals surface area contributed by atoms with Crippen LogP contribution in [0.4, 0.5) is 4.39 Å². The highest BCUT2D eigenvalue weighted by molar-refractivity contribution is 5.89. The Balaban J connectivity index is 1.83. The Labute approximate surface area is 234 Å². The molecule has 0 radical (unpaired) electrons. The highest BCUT2D eigenvalue weighted by Gasteiger charge is 2.49. The summed E-state index contributed by atoms with van der Waals surface area (Å²) in [6, 6.07) is 7.63. The molecular formula is C28H32FNO11. The molecule has 41 heavy (non-hydrogen) atoms. The summed E-state index contributed by atoms with van der Waals surface area (Å²) in [4.78, 5) is 26.1. The fourth-order valence-electron chi connectivity index (χ4n) is 4.78. The summed E-state index contributed by atoms with van der Waals surface area (Å²) in [5, 5.41) is 34.4. The van der Waals surface area contributed by atoms with Gasteiger partial charge >= 0.3 is 0 Å². The second kappa shape index (κ2) is 12.7. The van der Waals surface area contributed by atoms with Crippen LogP contribution in [0.2, 0.25) is 0 Å². The number of hydrogen-bond acceptors (Lipinski definition) is 11. The molecule has 2 heterocycles. The molecule has 4 rings (SSSR count). The van der Waals surface area contributed by atoms with Crippen molar-refractivity contribution in [3.05, 3.63) is 46.1 Å². The zero-order valence-electron chi connectivity index (χ0n) is 22.9. The van der Waals surface area contributed by atoms with Crippen LogP contribution in [0.15, 0.2) is 39.5 Å². The summed E-state index contributed by atoms with van der Waals surface area (Å²) in [6.45, 7) is -0.697. The molecular weight excluding hydrogens is 545 g/mol. The quantitative estimate of drug-likeness (QED) is 0.258. The minimum Gasteiger partial charge on any atom is -0.496 e. The molecule has 0 saturated carbocycles. The van der Waals surface area contributed by atoms with E-state index in [1.807, 2.05) is 0 Å². The number of benzene rings is 2. The van der Waals surface area contributed by atoms with Crippen LogP contribution >= 0.6 is 0 Å². The Morgan fingerprint density at radius 2 is 1.63 bits per heavy atom. The van der Waals surface area contributed by atoms with E-state index in [9.17, 15) is 29.3 Å². The third kappa shape index (κ3) is 5.66.